The fraction of sp³-hybridized carbons (Fsp3) is 0.435. The van der Waals surface area contributed by atoms with Crippen LogP contribution in [0.2, 0.25) is 0 Å². The lowest BCUT2D eigenvalue weighted by Gasteiger charge is -2.14. The van der Waals surface area contributed by atoms with Gasteiger partial charge in [-0.1, -0.05) is 30.0 Å². The number of carbonyl (C=O) groups is 2. The molecule has 0 atom stereocenters. The molecule has 9 nitrogen and oxygen atoms in total. The first-order valence-electron chi connectivity index (χ1n) is 11.0. The van der Waals surface area contributed by atoms with E-state index in [4.69, 9.17) is 22.1 Å². The van der Waals surface area contributed by atoms with Gasteiger partial charge in [0.05, 0.1) is 16.6 Å². The summed E-state index contributed by atoms with van der Waals surface area (Å²) in [5.41, 5.74) is 1.35. The largest absolute Gasteiger partial charge is 0.481 e. The molecule has 1 fully saturated rings. The van der Waals surface area contributed by atoms with Crippen molar-refractivity contribution in [2.24, 2.45) is 0 Å². The predicted molar refractivity (Wildman–Crippen MR) is 137 cm³/mol. The van der Waals surface area contributed by atoms with E-state index in [1.165, 1.54) is 15.4 Å². The molecular weight excluding hydrogens is 476 g/mol. The van der Waals surface area contributed by atoms with Gasteiger partial charge in [0, 0.05) is 32.3 Å². The highest BCUT2D eigenvalue weighted by Gasteiger charge is 2.32. The molecule has 1 amide bonds. The van der Waals surface area contributed by atoms with Crippen molar-refractivity contribution in [2.75, 3.05) is 25.0 Å². The Kier molecular flexibility index (Phi) is 8.81. The first-order valence-corrected chi connectivity index (χ1v) is 12.3. The first-order chi connectivity index (χ1) is 16.2. The Morgan fingerprint density at radius 1 is 1.35 bits per heavy atom. The Hall–Kier alpha value is -2.76. The molecule has 0 bridgehead atoms. The van der Waals surface area contributed by atoms with Gasteiger partial charge < -0.3 is 15.2 Å². The number of nitrogens with one attached hydrogen (secondary N) is 1. The molecule has 2 aromatic heterocycles. The Morgan fingerprint density at radius 3 is 2.82 bits per heavy atom. The lowest BCUT2D eigenvalue weighted by molar-refractivity contribution is -0.137. The molecule has 3 heterocycles. The molecule has 34 heavy (non-hydrogen) atoms. The van der Waals surface area contributed by atoms with Crippen molar-refractivity contribution < 1.29 is 19.4 Å². The van der Waals surface area contributed by atoms with Crippen molar-refractivity contribution in [2.45, 2.75) is 46.1 Å². The molecule has 0 unspecified atom stereocenters. The van der Waals surface area contributed by atoms with Gasteiger partial charge in [0.2, 0.25) is 0 Å². The third kappa shape index (κ3) is 6.22. The van der Waals surface area contributed by atoms with Gasteiger partial charge in [-0.05, 0) is 51.3 Å². The number of nitrogens with zero attached hydrogens (tertiary/aromatic N) is 3. The van der Waals surface area contributed by atoms with Gasteiger partial charge in [-0.2, -0.15) is 0 Å². The van der Waals surface area contributed by atoms with Crippen molar-refractivity contribution in [1.29, 1.82) is 0 Å². The molecule has 1 aliphatic heterocycles. The number of carbonyl (C=O) groups excluding carboxylic acids is 1. The second-order valence-electron chi connectivity index (χ2n) is 8.09. The Bertz CT molecular complexity index is 1190. The zero-order valence-electron chi connectivity index (χ0n) is 19.4. The Labute approximate surface area is 207 Å². The average Bonchev–Trinajstić information content (AvgIpc) is 3.03. The van der Waals surface area contributed by atoms with Crippen LogP contribution in [-0.2, 0) is 14.3 Å². The maximum Gasteiger partial charge on any atom is 0.303 e. The van der Waals surface area contributed by atoms with E-state index in [2.05, 4.69) is 10.3 Å². The van der Waals surface area contributed by atoms with E-state index in [-0.39, 0.29) is 36.1 Å². The Balaban J connectivity index is 1.92. The molecule has 11 heteroatoms. The highest BCUT2D eigenvalue weighted by atomic mass is 32.2. The number of aryl methyl sites for hydroxylation is 1. The van der Waals surface area contributed by atoms with E-state index in [0.29, 0.717) is 40.3 Å². The first kappa shape index (κ1) is 25.9. The predicted octanol–water partition coefficient (Wildman–Crippen LogP) is 3.30. The number of hydrogen-bond donors (Lipinski definition) is 2. The van der Waals surface area contributed by atoms with Crippen LogP contribution < -0.4 is 10.9 Å². The number of aliphatic carboxylic acids is 1. The number of amides is 1. The van der Waals surface area contributed by atoms with Crippen molar-refractivity contribution in [3.05, 3.63) is 44.7 Å². The summed E-state index contributed by atoms with van der Waals surface area (Å²) >= 11 is 6.42. The number of aromatic nitrogens is 2. The number of thioether (sulfide) groups is 1. The van der Waals surface area contributed by atoms with Gasteiger partial charge in [0.25, 0.3) is 11.5 Å². The van der Waals surface area contributed by atoms with E-state index in [1.807, 2.05) is 26.8 Å². The number of fused-ring (bicyclic) bond motifs is 1. The van der Waals surface area contributed by atoms with Gasteiger partial charge >= 0.3 is 5.97 Å². The van der Waals surface area contributed by atoms with Crippen molar-refractivity contribution in [3.8, 4) is 0 Å². The van der Waals surface area contributed by atoms with Crippen LogP contribution in [0, 0.1) is 6.92 Å². The Morgan fingerprint density at radius 2 is 2.12 bits per heavy atom. The van der Waals surface area contributed by atoms with Crippen LogP contribution in [0.5, 0.6) is 0 Å². The van der Waals surface area contributed by atoms with E-state index in [0.717, 1.165) is 23.7 Å². The molecule has 1 saturated heterocycles. The van der Waals surface area contributed by atoms with Gasteiger partial charge in [-0.15, -0.1) is 0 Å². The molecule has 3 rings (SSSR count). The third-order valence-electron chi connectivity index (χ3n) is 5.07. The molecule has 0 aliphatic carbocycles. The molecule has 0 saturated carbocycles. The fourth-order valence-electron chi connectivity index (χ4n) is 3.39. The van der Waals surface area contributed by atoms with Crippen LogP contribution in [0.1, 0.15) is 44.2 Å². The number of anilines is 1. The minimum Gasteiger partial charge on any atom is -0.481 e. The third-order valence-corrected chi connectivity index (χ3v) is 6.45. The zero-order valence-corrected chi connectivity index (χ0v) is 21.0. The summed E-state index contributed by atoms with van der Waals surface area (Å²) in [4.78, 5) is 43.5. The quantitative estimate of drug-likeness (QED) is 0.270. The SMILES string of the molecule is Cc1cccn2c(=O)c(C=C3SC(=S)N(CCCC(=O)O)C3=O)c(NCCCOC(C)C)nc12. The van der Waals surface area contributed by atoms with E-state index >= 15 is 0 Å². The fourth-order valence-corrected chi connectivity index (χ4v) is 4.68. The second-order valence-corrected chi connectivity index (χ2v) is 9.77. The summed E-state index contributed by atoms with van der Waals surface area (Å²) < 4.78 is 7.37. The lowest BCUT2D eigenvalue weighted by atomic mass is 10.2. The summed E-state index contributed by atoms with van der Waals surface area (Å²) in [6.45, 7) is 7.14. The van der Waals surface area contributed by atoms with Gasteiger partial charge in [-0.25, -0.2) is 4.98 Å². The van der Waals surface area contributed by atoms with Crippen LogP contribution in [-0.4, -0.2) is 61.4 Å². The number of carboxylic acid groups (broad SMARTS) is 1. The molecule has 0 aromatic carbocycles. The number of rotatable bonds is 11. The number of carboxylic acids is 1. The van der Waals surface area contributed by atoms with Crippen molar-refractivity contribution >= 4 is 57.7 Å². The van der Waals surface area contributed by atoms with Gasteiger partial charge in [-0.3, -0.25) is 23.7 Å². The normalized spacial score (nSPS) is 15.2. The second kappa shape index (κ2) is 11.6. The molecular formula is C23H28N4O5S2. The molecule has 2 aromatic rings. The topological polar surface area (TPSA) is 113 Å². The molecule has 0 radical (unpaired) electrons. The standard InChI is InChI=1S/C23H28N4O5S2/c1-14(2)32-12-6-9-24-19-16(21(30)26-10-4-7-15(3)20(26)25-19)13-17-22(31)27(23(33)34-17)11-5-8-18(28)29/h4,7,10,13-14,24H,5-6,8-9,11-12H2,1-3H3,(H,28,29). The van der Waals surface area contributed by atoms with Crippen LogP contribution in [0.4, 0.5) is 5.82 Å². The number of pyridine rings is 1. The highest BCUT2D eigenvalue weighted by Crippen LogP contribution is 2.33. The van der Waals surface area contributed by atoms with Crippen molar-refractivity contribution in [1.82, 2.24) is 14.3 Å². The molecule has 2 N–H and O–H groups in total. The van der Waals surface area contributed by atoms with Gasteiger partial charge in [0.1, 0.15) is 15.8 Å². The maximum atomic E-state index is 13.4. The number of hydrogen-bond acceptors (Lipinski definition) is 8. The monoisotopic (exact) mass is 504 g/mol. The van der Waals surface area contributed by atoms with Crippen LogP contribution >= 0.6 is 24.0 Å². The summed E-state index contributed by atoms with van der Waals surface area (Å²) in [5, 5.41) is 12.1. The van der Waals surface area contributed by atoms with Crippen molar-refractivity contribution in [3.63, 3.8) is 0 Å². The minimum absolute atomic E-state index is 0.0556. The summed E-state index contributed by atoms with van der Waals surface area (Å²) in [6, 6.07) is 3.65. The highest BCUT2D eigenvalue weighted by molar-refractivity contribution is 8.26. The van der Waals surface area contributed by atoms with Crippen LogP contribution in [0.15, 0.2) is 28.0 Å². The number of ether oxygens (including phenoxy) is 1. The minimum atomic E-state index is -0.930. The van der Waals surface area contributed by atoms with E-state index < -0.39 is 5.97 Å². The zero-order chi connectivity index (χ0) is 24.8. The summed E-state index contributed by atoms with van der Waals surface area (Å²) in [6.07, 6.45) is 4.26. The van der Waals surface area contributed by atoms with E-state index in [9.17, 15) is 14.4 Å². The van der Waals surface area contributed by atoms with Gasteiger partial charge in [0.15, 0.2) is 0 Å². The maximum absolute atomic E-state index is 13.4. The summed E-state index contributed by atoms with van der Waals surface area (Å²) in [7, 11) is 0. The smallest absolute Gasteiger partial charge is 0.303 e. The van der Waals surface area contributed by atoms with Crippen LogP contribution in [0.3, 0.4) is 0 Å². The van der Waals surface area contributed by atoms with Crippen LogP contribution in [0.25, 0.3) is 11.7 Å². The molecule has 1 aliphatic rings. The average molecular weight is 505 g/mol. The van der Waals surface area contributed by atoms with E-state index in [1.54, 1.807) is 12.3 Å². The molecule has 182 valence electrons. The molecule has 0 spiro atoms. The lowest BCUT2D eigenvalue weighted by Crippen LogP contribution is -2.29. The number of thiocarbonyl (C=S) groups is 1. The summed E-state index contributed by atoms with van der Waals surface area (Å²) in [5.74, 6) is -0.883.